The molecule has 1 rings (SSSR count). The van der Waals surface area contributed by atoms with Crippen molar-refractivity contribution in [2.75, 3.05) is 0 Å². The molecule has 5 atom stereocenters. The van der Waals surface area contributed by atoms with E-state index in [0.29, 0.717) is 0 Å². The van der Waals surface area contributed by atoms with Gasteiger partial charge in [-0.3, -0.25) is 0 Å². The zero-order chi connectivity index (χ0) is 10.2. The Balaban J connectivity index is 0.00000169. The monoisotopic (exact) mass is 216 g/mol. The van der Waals surface area contributed by atoms with Crippen molar-refractivity contribution in [3.05, 3.63) is 0 Å². The van der Waals surface area contributed by atoms with Crippen molar-refractivity contribution in [1.82, 2.24) is 0 Å². The van der Waals surface area contributed by atoms with Crippen LogP contribution in [0.1, 0.15) is 0 Å². The van der Waals surface area contributed by atoms with Gasteiger partial charge in [-0.15, -0.1) is 0 Å². The van der Waals surface area contributed by atoms with E-state index in [9.17, 15) is 9.90 Å². The Morgan fingerprint density at radius 3 is 2.00 bits per heavy atom. The van der Waals surface area contributed by atoms with Crippen molar-refractivity contribution in [3.8, 4) is 0 Å². The Hall–Kier alpha value is 0.270. The molecule has 76 valence electrons. The van der Waals surface area contributed by atoms with Gasteiger partial charge in [0.25, 0.3) is 0 Å². The first-order valence-electron chi connectivity index (χ1n) is 3.53. The third kappa shape index (κ3) is 2.65. The zero-order valence-corrected chi connectivity index (χ0v) is 9.40. The number of carbonyl (C=O) groups excluding carboxylic acids is 1. The fourth-order valence-corrected chi connectivity index (χ4v) is 1.06. The molecule has 0 bridgehead atoms. The summed E-state index contributed by atoms with van der Waals surface area (Å²) in [5.74, 6) is -1.77. The Morgan fingerprint density at radius 2 is 1.57 bits per heavy atom. The van der Waals surface area contributed by atoms with E-state index in [4.69, 9.17) is 20.4 Å². The predicted molar refractivity (Wildman–Crippen MR) is 33.9 cm³/mol. The molecule has 1 heterocycles. The maximum atomic E-state index is 10.3. The number of hydrogen-bond acceptors (Lipinski definition) is 7. The van der Waals surface area contributed by atoms with Crippen molar-refractivity contribution in [2.45, 2.75) is 30.7 Å². The Kier molecular flexibility index (Phi) is 5.48. The SMILES string of the molecule is O=C([O-])C1OC(O)C(O)C(O)[C@H]1O.[Na+]. The van der Waals surface area contributed by atoms with Crippen LogP contribution >= 0.6 is 0 Å². The van der Waals surface area contributed by atoms with E-state index in [-0.39, 0.29) is 29.6 Å². The van der Waals surface area contributed by atoms with Gasteiger partial charge in [0.1, 0.15) is 24.4 Å². The average Bonchev–Trinajstić information content (AvgIpc) is 2.07. The average molecular weight is 216 g/mol. The number of ether oxygens (including phenoxy) is 1. The topological polar surface area (TPSA) is 130 Å². The summed E-state index contributed by atoms with van der Waals surface area (Å²) in [5, 5.41) is 46.1. The van der Waals surface area contributed by atoms with E-state index >= 15 is 0 Å². The van der Waals surface area contributed by atoms with Gasteiger partial charge in [0, 0.05) is 0 Å². The van der Waals surface area contributed by atoms with Gasteiger partial charge >= 0.3 is 29.6 Å². The van der Waals surface area contributed by atoms with Crippen LogP contribution < -0.4 is 34.7 Å². The van der Waals surface area contributed by atoms with Crippen molar-refractivity contribution in [3.63, 3.8) is 0 Å². The second-order valence-corrected chi connectivity index (χ2v) is 2.74. The van der Waals surface area contributed by atoms with Crippen molar-refractivity contribution in [2.24, 2.45) is 0 Å². The van der Waals surface area contributed by atoms with Crippen molar-refractivity contribution >= 4 is 5.97 Å². The van der Waals surface area contributed by atoms with Gasteiger partial charge in [0.2, 0.25) is 0 Å². The number of hydrogen-bond donors (Lipinski definition) is 4. The van der Waals surface area contributed by atoms with Gasteiger partial charge < -0.3 is 35.1 Å². The van der Waals surface area contributed by atoms with Crippen LogP contribution in [0, 0.1) is 0 Å². The largest absolute Gasteiger partial charge is 1.00 e. The fraction of sp³-hybridized carbons (Fsp3) is 0.833. The van der Waals surface area contributed by atoms with Crippen LogP contribution in [0.15, 0.2) is 0 Å². The molecule has 4 N–H and O–H groups in total. The first-order chi connectivity index (χ1) is 5.95. The second-order valence-electron chi connectivity index (χ2n) is 2.74. The van der Waals surface area contributed by atoms with Gasteiger partial charge in [-0.25, -0.2) is 0 Å². The van der Waals surface area contributed by atoms with Gasteiger partial charge in [0.05, 0.1) is 5.97 Å². The molecular formula is C6H9NaO7. The molecule has 7 nitrogen and oxygen atoms in total. The number of aliphatic carboxylic acids is 1. The van der Waals surface area contributed by atoms with E-state index in [2.05, 4.69) is 4.74 Å². The minimum absolute atomic E-state index is 0. The molecule has 1 aliphatic heterocycles. The van der Waals surface area contributed by atoms with Crippen molar-refractivity contribution in [1.29, 1.82) is 0 Å². The minimum atomic E-state index is -1.85. The molecule has 1 saturated heterocycles. The molecule has 1 aliphatic rings. The summed E-state index contributed by atoms with van der Waals surface area (Å²) in [7, 11) is 0. The molecule has 0 spiro atoms. The van der Waals surface area contributed by atoms with Crippen LogP contribution in [-0.2, 0) is 9.53 Å². The molecule has 0 aromatic rings. The van der Waals surface area contributed by atoms with Crippen LogP contribution in [-0.4, -0.2) is 57.1 Å². The molecular weight excluding hydrogens is 207 g/mol. The smallest absolute Gasteiger partial charge is 0.547 e. The first-order valence-corrected chi connectivity index (χ1v) is 3.53. The number of carbonyl (C=O) groups is 1. The maximum Gasteiger partial charge on any atom is 1.00 e. The quantitative estimate of drug-likeness (QED) is 0.320. The van der Waals surface area contributed by atoms with E-state index in [1.807, 2.05) is 0 Å². The minimum Gasteiger partial charge on any atom is -0.547 e. The summed E-state index contributed by atoms with van der Waals surface area (Å²) in [5.41, 5.74) is 0. The Morgan fingerprint density at radius 1 is 1.07 bits per heavy atom. The normalized spacial score (nSPS) is 42.7. The number of aliphatic hydroxyl groups is 4. The molecule has 0 radical (unpaired) electrons. The van der Waals surface area contributed by atoms with E-state index in [0.717, 1.165) is 0 Å². The second kappa shape index (κ2) is 5.38. The Bertz CT molecular complexity index is 210. The molecule has 1 fully saturated rings. The molecule has 0 amide bonds. The maximum absolute atomic E-state index is 10.3. The number of carboxylic acids is 1. The van der Waals surface area contributed by atoms with Crippen LogP contribution in [0.4, 0.5) is 0 Å². The van der Waals surface area contributed by atoms with Crippen LogP contribution in [0.3, 0.4) is 0 Å². The van der Waals surface area contributed by atoms with Gasteiger partial charge in [-0.05, 0) is 0 Å². The van der Waals surface area contributed by atoms with Gasteiger partial charge in [-0.2, -0.15) is 0 Å². The molecule has 0 saturated carbocycles. The van der Waals surface area contributed by atoms with Gasteiger partial charge in [-0.1, -0.05) is 0 Å². The zero-order valence-electron chi connectivity index (χ0n) is 7.40. The number of aliphatic hydroxyl groups excluding tert-OH is 4. The summed E-state index contributed by atoms with van der Waals surface area (Å²) < 4.78 is 4.28. The molecule has 0 aromatic heterocycles. The summed E-state index contributed by atoms with van der Waals surface area (Å²) in [6, 6.07) is 0. The molecule has 14 heavy (non-hydrogen) atoms. The number of carboxylic acid groups (broad SMARTS) is 1. The molecule has 4 unspecified atom stereocenters. The van der Waals surface area contributed by atoms with Gasteiger partial charge in [0.15, 0.2) is 6.29 Å². The fourth-order valence-electron chi connectivity index (χ4n) is 1.06. The summed E-state index contributed by atoms with van der Waals surface area (Å²) in [6.07, 6.45) is -9.00. The van der Waals surface area contributed by atoms with Crippen LogP contribution in [0.5, 0.6) is 0 Å². The number of rotatable bonds is 1. The van der Waals surface area contributed by atoms with Crippen LogP contribution in [0.25, 0.3) is 0 Å². The third-order valence-electron chi connectivity index (χ3n) is 1.82. The summed E-state index contributed by atoms with van der Waals surface area (Å²) in [4.78, 5) is 10.3. The molecule has 0 aromatic carbocycles. The van der Waals surface area contributed by atoms with E-state index in [1.54, 1.807) is 0 Å². The summed E-state index contributed by atoms with van der Waals surface area (Å²) >= 11 is 0. The molecule has 0 aliphatic carbocycles. The van der Waals surface area contributed by atoms with E-state index in [1.165, 1.54) is 0 Å². The summed E-state index contributed by atoms with van der Waals surface area (Å²) in [6.45, 7) is 0. The van der Waals surface area contributed by atoms with Crippen LogP contribution in [0.2, 0.25) is 0 Å². The van der Waals surface area contributed by atoms with Crippen molar-refractivity contribution < 1.29 is 64.6 Å². The third-order valence-corrected chi connectivity index (χ3v) is 1.82. The standard InChI is InChI=1S/C6H10O7.Na/c7-1-2(8)4(5(10)11)13-6(12)3(1)9;/h1-4,6-9,12H,(H,10,11);/q;+1/p-1/t1?,2-,3?,4?,6?;/m1./s1. The molecule has 8 heteroatoms. The predicted octanol–water partition coefficient (Wildman–Crippen LogP) is -7.46. The Labute approximate surface area is 101 Å². The van der Waals surface area contributed by atoms with E-state index < -0.39 is 36.7 Å². The first kappa shape index (κ1) is 14.3.